The first-order valence-electron chi connectivity index (χ1n) is 4.88. The van der Waals surface area contributed by atoms with Crippen molar-refractivity contribution in [3.05, 3.63) is 18.5 Å². The van der Waals surface area contributed by atoms with E-state index in [1.54, 1.807) is 12.4 Å². The van der Waals surface area contributed by atoms with Gasteiger partial charge in [0, 0.05) is 31.4 Å². The summed E-state index contributed by atoms with van der Waals surface area (Å²) in [7, 11) is 0. The second-order valence-electron chi connectivity index (χ2n) is 3.50. The Morgan fingerprint density at radius 2 is 2.21 bits per heavy atom. The Labute approximate surface area is 84.2 Å². The minimum Gasteiger partial charge on any atom is -0.340 e. The third-order valence-electron chi connectivity index (χ3n) is 2.49. The molecule has 1 fully saturated rings. The van der Waals surface area contributed by atoms with Gasteiger partial charge in [0.2, 0.25) is 5.95 Å². The van der Waals surface area contributed by atoms with Crippen LogP contribution in [0.4, 0.5) is 5.95 Å². The molecule has 1 unspecified atom stereocenters. The third-order valence-corrected chi connectivity index (χ3v) is 2.49. The largest absolute Gasteiger partial charge is 0.340 e. The van der Waals surface area contributed by atoms with Crippen LogP contribution >= 0.6 is 0 Å². The fraction of sp³-hybridized carbons (Fsp3) is 0.455. The molecular formula is C11H13N3. The summed E-state index contributed by atoms with van der Waals surface area (Å²) in [6.07, 6.45) is 11.2. The van der Waals surface area contributed by atoms with Gasteiger partial charge in [-0.3, -0.25) is 0 Å². The van der Waals surface area contributed by atoms with Crippen LogP contribution in [-0.4, -0.2) is 23.1 Å². The van der Waals surface area contributed by atoms with Crippen molar-refractivity contribution < 1.29 is 0 Å². The first-order valence-corrected chi connectivity index (χ1v) is 4.88. The zero-order chi connectivity index (χ0) is 9.80. The van der Waals surface area contributed by atoms with E-state index in [9.17, 15) is 0 Å². The first-order chi connectivity index (χ1) is 6.90. The average molecular weight is 187 g/mol. The van der Waals surface area contributed by atoms with Gasteiger partial charge in [-0.15, -0.1) is 12.3 Å². The molecule has 0 saturated carbocycles. The molecular weight excluding hydrogens is 174 g/mol. The van der Waals surface area contributed by atoms with Crippen molar-refractivity contribution in [2.24, 2.45) is 5.92 Å². The van der Waals surface area contributed by atoms with Crippen molar-refractivity contribution in [1.82, 2.24) is 9.97 Å². The highest BCUT2D eigenvalue weighted by molar-refractivity contribution is 5.30. The molecule has 0 aliphatic carbocycles. The molecule has 0 spiro atoms. The lowest BCUT2D eigenvalue weighted by atomic mass is 9.99. The number of anilines is 1. The van der Waals surface area contributed by atoms with Crippen molar-refractivity contribution in [2.75, 3.05) is 18.0 Å². The molecule has 72 valence electrons. The molecule has 1 aromatic heterocycles. The van der Waals surface area contributed by atoms with Gasteiger partial charge in [0.25, 0.3) is 0 Å². The predicted octanol–water partition coefficient (Wildman–Crippen LogP) is 1.33. The van der Waals surface area contributed by atoms with E-state index in [1.807, 2.05) is 6.07 Å². The molecule has 1 aromatic rings. The summed E-state index contributed by atoms with van der Waals surface area (Å²) in [5, 5.41) is 0. The van der Waals surface area contributed by atoms with Gasteiger partial charge in [-0.05, 0) is 18.9 Å². The number of hydrogen-bond donors (Lipinski definition) is 0. The quantitative estimate of drug-likeness (QED) is 0.621. The topological polar surface area (TPSA) is 29.0 Å². The van der Waals surface area contributed by atoms with Crippen LogP contribution in [0.1, 0.15) is 12.8 Å². The molecule has 0 radical (unpaired) electrons. The molecule has 3 heteroatoms. The molecule has 0 aromatic carbocycles. The van der Waals surface area contributed by atoms with Crippen LogP contribution < -0.4 is 4.90 Å². The van der Waals surface area contributed by atoms with Gasteiger partial charge < -0.3 is 4.90 Å². The van der Waals surface area contributed by atoms with Crippen LogP contribution in [0.5, 0.6) is 0 Å². The minimum atomic E-state index is 0.354. The molecule has 0 amide bonds. The maximum Gasteiger partial charge on any atom is 0.225 e. The van der Waals surface area contributed by atoms with Gasteiger partial charge in [-0.1, -0.05) is 0 Å². The molecule has 1 aliphatic rings. The average Bonchev–Trinajstić information content (AvgIpc) is 2.30. The summed E-state index contributed by atoms with van der Waals surface area (Å²) in [6.45, 7) is 1.91. The summed E-state index contributed by atoms with van der Waals surface area (Å²) in [5.74, 6) is 3.96. The van der Waals surface area contributed by atoms with E-state index in [0.717, 1.165) is 31.9 Å². The molecule has 0 N–H and O–H groups in total. The smallest absolute Gasteiger partial charge is 0.225 e. The Hall–Kier alpha value is -1.56. The molecule has 2 heterocycles. The van der Waals surface area contributed by atoms with Gasteiger partial charge in [0.1, 0.15) is 0 Å². The number of hydrogen-bond acceptors (Lipinski definition) is 3. The normalized spacial score (nSPS) is 21.6. The summed E-state index contributed by atoms with van der Waals surface area (Å²) in [4.78, 5) is 10.6. The highest BCUT2D eigenvalue weighted by Crippen LogP contribution is 2.18. The van der Waals surface area contributed by atoms with Gasteiger partial charge in [-0.25, -0.2) is 9.97 Å². The Morgan fingerprint density at radius 3 is 2.93 bits per heavy atom. The van der Waals surface area contributed by atoms with Gasteiger partial charge in [0.15, 0.2) is 0 Å². The number of nitrogens with zero attached hydrogens (tertiary/aromatic N) is 3. The summed E-state index contributed by atoms with van der Waals surface area (Å²) >= 11 is 0. The van der Waals surface area contributed by atoms with Crippen molar-refractivity contribution >= 4 is 5.95 Å². The fourth-order valence-electron chi connectivity index (χ4n) is 1.75. The van der Waals surface area contributed by atoms with Crippen molar-refractivity contribution in [1.29, 1.82) is 0 Å². The van der Waals surface area contributed by atoms with Crippen LogP contribution in [-0.2, 0) is 0 Å². The summed E-state index contributed by atoms with van der Waals surface area (Å²) in [5.41, 5.74) is 0. The number of piperidine rings is 1. The van der Waals surface area contributed by atoms with Crippen molar-refractivity contribution in [3.63, 3.8) is 0 Å². The number of terminal acetylenes is 1. The highest BCUT2D eigenvalue weighted by Gasteiger charge is 2.19. The van der Waals surface area contributed by atoms with E-state index in [4.69, 9.17) is 6.42 Å². The minimum absolute atomic E-state index is 0.354. The van der Waals surface area contributed by atoms with Crippen molar-refractivity contribution in [3.8, 4) is 12.3 Å². The van der Waals surface area contributed by atoms with Crippen LogP contribution in [0.2, 0.25) is 0 Å². The number of rotatable bonds is 1. The van der Waals surface area contributed by atoms with Crippen LogP contribution in [0.15, 0.2) is 18.5 Å². The van der Waals surface area contributed by atoms with Crippen molar-refractivity contribution in [2.45, 2.75) is 12.8 Å². The second kappa shape index (κ2) is 4.10. The molecule has 0 bridgehead atoms. The van der Waals surface area contributed by atoms with E-state index in [-0.39, 0.29) is 0 Å². The Balaban J connectivity index is 2.09. The highest BCUT2D eigenvalue weighted by atomic mass is 15.2. The van der Waals surface area contributed by atoms with E-state index in [0.29, 0.717) is 5.92 Å². The molecule has 1 aliphatic heterocycles. The molecule has 1 atom stereocenters. The number of aromatic nitrogens is 2. The lowest BCUT2D eigenvalue weighted by Gasteiger charge is -2.30. The predicted molar refractivity (Wildman–Crippen MR) is 55.8 cm³/mol. The Morgan fingerprint density at radius 1 is 1.43 bits per heavy atom. The van der Waals surface area contributed by atoms with E-state index in [1.165, 1.54) is 0 Å². The van der Waals surface area contributed by atoms with E-state index in [2.05, 4.69) is 20.8 Å². The maximum absolute atomic E-state index is 5.43. The maximum atomic E-state index is 5.43. The standard InChI is InChI=1S/C11H13N3/c1-2-10-5-3-8-14(9-10)11-12-6-4-7-13-11/h1,4,6-7,10H,3,5,8-9H2. The van der Waals surface area contributed by atoms with Gasteiger partial charge >= 0.3 is 0 Å². The third kappa shape index (κ3) is 1.85. The lowest BCUT2D eigenvalue weighted by molar-refractivity contribution is 0.491. The molecule has 14 heavy (non-hydrogen) atoms. The zero-order valence-electron chi connectivity index (χ0n) is 8.06. The van der Waals surface area contributed by atoms with E-state index >= 15 is 0 Å². The lowest BCUT2D eigenvalue weighted by Crippen LogP contribution is -2.35. The van der Waals surface area contributed by atoms with E-state index < -0.39 is 0 Å². The zero-order valence-corrected chi connectivity index (χ0v) is 8.06. The monoisotopic (exact) mass is 187 g/mol. The fourth-order valence-corrected chi connectivity index (χ4v) is 1.75. The van der Waals surface area contributed by atoms with Gasteiger partial charge in [-0.2, -0.15) is 0 Å². The van der Waals surface area contributed by atoms with Crippen LogP contribution in [0.25, 0.3) is 0 Å². The molecule has 2 rings (SSSR count). The SMILES string of the molecule is C#CC1CCCN(c2ncccn2)C1. The molecule has 1 saturated heterocycles. The second-order valence-corrected chi connectivity index (χ2v) is 3.50. The van der Waals surface area contributed by atoms with Gasteiger partial charge in [0.05, 0.1) is 0 Å². The Kier molecular flexibility index (Phi) is 2.64. The Bertz CT molecular complexity index is 328. The van der Waals surface area contributed by atoms with Crippen LogP contribution in [0.3, 0.4) is 0 Å². The molecule has 3 nitrogen and oxygen atoms in total. The van der Waals surface area contributed by atoms with Crippen LogP contribution in [0, 0.1) is 18.3 Å². The summed E-state index contributed by atoms with van der Waals surface area (Å²) in [6, 6.07) is 1.83. The first kappa shape index (κ1) is 9.01. The summed E-state index contributed by atoms with van der Waals surface area (Å²) < 4.78 is 0.